The molecule has 0 amide bonds. The summed E-state index contributed by atoms with van der Waals surface area (Å²) in [4.78, 5) is 0. The first-order valence-corrected chi connectivity index (χ1v) is 4.16. The summed E-state index contributed by atoms with van der Waals surface area (Å²) in [6.45, 7) is 4.38. The van der Waals surface area contributed by atoms with Gasteiger partial charge in [0.1, 0.15) is 18.1 Å². The Hall–Kier alpha value is -1.20. The van der Waals surface area contributed by atoms with E-state index in [1.54, 1.807) is 7.11 Å². The van der Waals surface area contributed by atoms with Crippen LogP contribution in [0.15, 0.2) is 16.5 Å². The van der Waals surface area contributed by atoms with E-state index < -0.39 is 0 Å². The van der Waals surface area contributed by atoms with Gasteiger partial charge in [0.2, 0.25) is 0 Å². The second kappa shape index (κ2) is 3.68. The van der Waals surface area contributed by atoms with Gasteiger partial charge in [-0.3, -0.25) is 0 Å². The zero-order chi connectivity index (χ0) is 9.90. The maximum absolute atomic E-state index is 5.51. The number of rotatable bonds is 3. The fraction of sp³-hybridized carbons (Fsp3) is 0.455. The molecular weight excluding hydrogens is 164 g/mol. The number of methoxy groups -OCH3 is 1. The normalized spacial score (nSPS) is 11.2. The van der Waals surface area contributed by atoms with Crippen molar-refractivity contribution in [3.63, 3.8) is 0 Å². The summed E-state index contributed by atoms with van der Waals surface area (Å²) in [6, 6.07) is 3.78. The van der Waals surface area contributed by atoms with Crippen LogP contribution in [0.2, 0.25) is 0 Å². The van der Waals surface area contributed by atoms with E-state index in [-0.39, 0.29) is 5.41 Å². The van der Waals surface area contributed by atoms with Crippen LogP contribution in [0.4, 0.5) is 0 Å². The largest absolute Gasteiger partial charge is 0.462 e. The molecule has 0 spiro atoms. The van der Waals surface area contributed by atoms with Gasteiger partial charge in [-0.1, -0.05) is 5.92 Å². The van der Waals surface area contributed by atoms with Crippen molar-refractivity contribution in [3.8, 4) is 12.3 Å². The molecule has 0 fully saturated rings. The Labute approximate surface area is 78.9 Å². The fourth-order valence-electron chi connectivity index (χ4n) is 1.00. The molecular formula is C11H14O2. The van der Waals surface area contributed by atoms with E-state index >= 15 is 0 Å². The molecule has 1 heterocycles. The number of hydrogen-bond acceptors (Lipinski definition) is 2. The molecule has 2 nitrogen and oxygen atoms in total. The van der Waals surface area contributed by atoms with E-state index in [1.807, 2.05) is 26.0 Å². The van der Waals surface area contributed by atoms with Crippen LogP contribution in [0.3, 0.4) is 0 Å². The Kier molecular flexibility index (Phi) is 2.79. The second-order valence-electron chi connectivity index (χ2n) is 3.47. The molecule has 0 saturated carbocycles. The van der Waals surface area contributed by atoms with Crippen LogP contribution in [0, 0.1) is 12.3 Å². The molecule has 0 aliphatic heterocycles. The highest BCUT2D eigenvalue weighted by Crippen LogP contribution is 2.24. The summed E-state index contributed by atoms with van der Waals surface area (Å²) >= 11 is 0. The molecule has 1 aromatic rings. The fourth-order valence-corrected chi connectivity index (χ4v) is 1.00. The van der Waals surface area contributed by atoms with Gasteiger partial charge in [-0.2, -0.15) is 0 Å². The molecule has 0 unspecified atom stereocenters. The molecule has 0 saturated heterocycles. The third kappa shape index (κ3) is 2.13. The van der Waals surface area contributed by atoms with Gasteiger partial charge < -0.3 is 9.15 Å². The van der Waals surface area contributed by atoms with Crippen LogP contribution in [0.25, 0.3) is 0 Å². The van der Waals surface area contributed by atoms with Crippen molar-refractivity contribution in [1.82, 2.24) is 0 Å². The zero-order valence-corrected chi connectivity index (χ0v) is 8.26. The van der Waals surface area contributed by atoms with Crippen molar-refractivity contribution in [2.45, 2.75) is 25.9 Å². The molecule has 1 rings (SSSR count). The molecule has 0 bridgehead atoms. The first-order valence-electron chi connectivity index (χ1n) is 4.16. The van der Waals surface area contributed by atoms with Crippen molar-refractivity contribution in [2.24, 2.45) is 0 Å². The second-order valence-corrected chi connectivity index (χ2v) is 3.47. The van der Waals surface area contributed by atoms with Gasteiger partial charge in [-0.25, -0.2) is 0 Å². The standard InChI is InChI=1S/C11H14O2/c1-5-11(2,3)10-7-6-9(13-10)8-12-4/h1,6-7H,8H2,2-4H3. The lowest BCUT2D eigenvalue weighted by atomic mass is 9.92. The van der Waals surface area contributed by atoms with Gasteiger partial charge in [-0.15, -0.1) is 6.42 Å². The Morgan fingerprint density at radius 3 is 2.77 bits per heavy atom. The molecule has 2 heteroatoms. The summed E-state index contributed by atoms with van der Waals surface area (Å²) < 4.78 is 10.5. The quantitative estimate of drug-likeness (QED) is 0.663. The van der Waals surface area contributed by atoms with Gasteiger partial charge in [0, 0.05) is 7.11 Å². The van der Waals surface area contributed by atoms with Gasteiger partial charge in [0.25, 0.3) is 0 Å². The molecule has 0 aromatic carbocycles. The van der Waals surface area contributed by atoms with E-state index in [0.29, 0.717) is 6.61 Å². The molecule has 0 atom stereocenters. The van der Waals surface area contributed by atoms with Crippen LogP contribution >= 0.6 is 0 Å². The summed E-state index contributed by atoms with van der Waals surface area (Å²) in [5, 5.41) is 0. The SMILES string of the molecule is C#CC(C)(C)c1ccc(COC)o1. The average Bonchev–Trinajstić information content (AvgIpc) is 2.54. The summed E-state index contributed by atoms with van der Waals surface area (Å²) in [5.74, 6) is 4.29. The first-order chi connectivity index (χ1) is 6.10. The van der Waals surface area contributed by atoms with E-state index in [4.69, 9.17) is 15.6 Å². The molecule has 0 aliphatic rings. The average molecular weight is 178 g/mol. The highest BCUT2D eigenvalue weighted by Gasteiger charge is 2.21. The van der Waals surface area contributed by atoms with Crippen LogP contribution < -0.4 is 0 Å². The van der Waals surface area contributed by atoms with Crippen molar-refractivity contribution in [3.05, 3.63) is 23.7 Å². The molecule has 0 radical (unpaired) electrons. The van der Waals surface area contributed by atoms with Gasteiger partial charge in [0.15, 0.2) is 0 Å². The van der Waals surface area contributed by atoms with Gasteiger partial charge in [0.05, 0.1) is 5.41 Å². The predicted molar refractivity (Wildman–Crippen MR) is 51.3 cm³/mol. The van der Waals surface area contributed by atoms with E-state index in [2.05, 4.69) is 5.92 Å². The summed E-state index contributed by atoms with van der Waals surface area (Å²) in [5.41, 5.74) is -0.341. The minimum atomic E-state index is -0.341. The molecule has 1 aromatic heterocycles. The first kappa shape index (κ1) is 9.88. The van der Waals surface area contributed by atoms with Crippen molar-refractivity contribution in [1.29, 1.82) is 0 Å². The lowest BCUT2D eigenvalue weighted by molar-refractivity contribution is 0.161. The number of hydrogen-bond donors (Lipinski definition) is 0. The Morgan fingerprint density at radius 2 is 2.23 bits per heavy atom. The number of furan rings is 1. The lowest BCUT2D eigenvalue weighted by Gasteiger charge is -2.13. The molecule has 13 heavy (non-hydrogen) atoms. The molecule has 70 valence electrons. The topological polar surface area (TPSA) is 22.4 Å². The van der Waals surface area contributed by atoms with Crippen molar-refractivity contribution < 1.29 is 9.15 Å². The lowest BCUT2D eigenvalue weighted by Crippen LogP contribution is -2.12. The van der Waals surface area contributed by atoms with Crippen LogP contribution in [-0.4, -0.2) is 7.11 Å². The Balaban J connectivity index is 2.87. The number of ether oxygens (including phenoxy) is 1. The van der Waals surface area contributed by atoms with E-state index in [1.165, 1.54) is 0 Å². The molecule has 0 N–H and O–H groups in total. The van der Waals surface area contributed by atoms with Gasteiger partial charge in [-0.05, 0) is 26.0 Å². The van der Waals surface area contributed by atoms with Crippen molar-refractivity contribution in [2.75, 3.05) is 7.11 Å². The monoisotopic (exact) mass is 178 g/mol. The van der Waals surface area contributed by atoms with Crippen LogP contribution in [0.5, 0.6) is 0 Å². The van der Waals surface area contributed by atoms with E-state index in [0.717, 1.165) is 11.5 Å². The van der Waals surface area contributed by atoms with Crippen LogP contribution in [0.1, 0.15) is 25.4 Å². The van der Waals surface area contributed by atoms with E-state index in [9.17, 15) is 0 Å². The van der Waals surface area contributed by atoms with Crippen LogP contribution in [-0.2, 0) is 16.8 Å². The Bertz CT molecular complexity index is 315. The molecule has 0 aliphatic carbocycles. The maximum atomic E-state index is 5.51. The van der Waals surface area contributed by atoms with Crippen molar-refractivity contribution >= 4 is 0 Å². The third-order valence-corrected chi connectivity index (χ3v) is 1.93. The smallest absolute Gasteiger partial charge is 0.129 e. The minimum Gasteiger partial charge on any atom is -0.462 e. The summed E-state index contributed by atoms with van der Waals surface area (Å²) in [7, 11) is 1.63. The Morgan fingerprint density at radius 1 is 1.54 bits per heavy atom. The summed E-state index contributed by atoms with van der Waals surface area (Å²) in [6.07, 6.45) is 5.38. The number of terminal acetylenes is 1. The third-order valence-electron chi connectivity index (χ3n) is 1.93. The minimum absolute atomic E-state index is 0.341. The highest BCUT2D eigenvalue weighted by molar-refractivity contribution is 5.25. The zero-order valence-electron chi connectivity index (χ0n) is 8.26. The predicted octanol–water partition coefficient (Wildman–Crippen LogP) is 2.34. The van der Waals surface area contributed by atoms with Gasteiger partial charge >= 0.3 is 0 Å². The highest BCUT2D eigenvalue weighted by atomic mass is 16.5. The maximum Gasteiger partial charge on any atom is 0.129 e.